The zero-order chi connectivity index (χ0) is 24.0. The maximum absolute atomic E-state index is 4.83. The first-order valence-corrected chi connectivity index (χ1v) is 12.7. The van der Waals surface area contributed by atoms with Crippen molar-refractivity contribution >= 4 is 47.5 Å². The van der Waals surface area contributed by atoms with Gasteiger partial charge in [0.2, 0.25) is 5.95 Å². The predicted molar refractivity (Wildman–Crippen MR) is 161 cm³/mol. The summed E-state index contributed by atoms with van der Waals surface area (Å²) >= 11 is 0. The lowest BCUT2D eigenvalue weighted by atomic mass is 9.88. The fraction of sp³-hybridized carbons (Fsp3) is 0.333. The lowest BCUT2D eigenvalue weighted by Gasteiger charge is -2.31. The van der Waals surface area contributed by atoms with Gasteiger partial charge in [0.25, 0.3) is 0 Å². The van der Waals surface area contributed by atoms with E-state index in [1.54, 1.807) is 0 Å². The first-order chi connectivity index (χ1) is 17.2. The van der Waals surface area contributed by atoms with E-state index in [0.717, 1.165) is 54.9 Å². The summed E-state index contributed by atoms with van der Waals surface area (Å²) in [5.74, 6) is 2.06. The molecule has 1 aliphatic carbocycles. The Labute approximate surface area is 232 Å². The number of rotatable bonds is 8. The van der Waals surface area contributed by atoms with E-state index in [2.05, 4.69) is 88.3 Å². The van der Waals surface area contributed by atoms with Gasteiger partial charge in [-0.2, -0.15) is 4.98 Å². The normalized spacial score (nSPS) is 17.1. The summed E-state index contributed by atoms with van der Waals surface area (Å²) in [4.78, 5) is 11.7. The van der Waals surface area contributed by atoms with Gasteiger partial charge < -0.3 is 15.5 Å². The highest BCUT2D eigenvalue weighted by Crippen LogP contribution is 2.28. The van der Waals surface area contributed by atoms with Gasteiger partial charge in [-0.15, -0.1) is 24.8 Å². The Morgan fingerprint density at radius 2 is 1.27 bits per heavy atom. The molecule has 3 aromatic carbocycles. The van der Waals surface area contributed by atoms with Gasteiger partial charge in [-0.05, 0) is 48.9 Å². The molecule has 2 N–H and O–H groups in total. The Hall–Kier alpha value is -2.86. The zero-order valence-electron chi connectivity index (χ0n) is 21.5. The van der Waals surface area contributed by atoms with Crippen molar-refractivity contribution in [3.63, 3.8) is 0 Å². The number of hydrogen-bond donors (Lipinski definition) is 2. The summed E-state index contributed by atoms with van der Waals surface area (Å²) in [6, 6.07) is 30.9. The Morgan fingerprint density at radius 3 is 1.86 bits per heavy atom. The topological polar surface area (TPSA) is 53.1 Å². The summed E-state index contributed by atoms with van der Waals surface area (Å²) in [7, 11) is 4.07. The van der Waals surface area contributed by atoms with Crippen LogP contribution in [0.4, 0.5) is 11.8 Å². The van der Waals surface area contributed by atoms with Crippen molar-refractivity contribution < 1.29 is 0 Å². The molecule has 1 aromatic heterocycles. The van der Waals surface area contributed by atoms with Crippen molar-refractivity contribution in [3.05, 3.63) is 96.1 Å². The van der Waals surface area contributed by atoms with Gasteiger partial charge in [0.15, 0.2) is 0 Å². The molecule has 5 rings (SSSR count). The minimum Gasteiger partial charge on any atom is -0.362 e. The number of anilines is 2. The highest BCUT2D eigenvalue weighted by atomic mass is 35.5. The van der Waals surface area contributed by atoms with Crippen LogP contribution < -0.4 is 15.5 Å². The van der Waals surface area contributed by atoms with Gasteiger partial charge in [-0.1, -0.05) is 72.8 Å². The molecule has 1 heterocycles. The molecule has 0 spiro atoms. The highest BCUT2D eigenvalue weighted by molar-refractivity contribution is 5.90. The lowest BCUT2D eigenvalue weighted by Crippen LogP contribution is -2.39. The van der Waals surface area contributed by atoms with Crippen LogP contribution in [0, 0.1) is 0 Å². The molecule has 196 valence electrons. The number of nitrogens with one attached hydrogen (secondary N) is 2. The number of hydrogen-bond acceptors (Lipinski definition) is 5. The van der Waals surface area contributed by atoms with E-state index in [9.17, 15) is 0 Å². The Morgan fingerprint density at radius 1 is 0.730 bits per heavy atom. The van der Waals surface area contributed by atoms with Gasteiger partial charge in [-0.3, -0.25) is 0 Å². The maximum atomic E-state index is 4.83. The summed E-state index contributed by atoms with van der Waals surface area (Å²) in [6.45, 7) is 0.955. The second kappa shape index (κ2) is 13.6. The van der Waals surface area contributed by atoms with Gasteiger partial charge >= 0.3 is 0 Å². The van der Waals surface area contributed by atoms with Crippen LogP contribution in [0.3, 0.4) is 0 Å². The van der Waals surface area contributed by atoms with Crippen molar-refractivity contribution in [2.75, 3.05) is 30.9 Å². The van der Waals surface area contributed by atoms with Crippen LogP contribution in [0.1, 0.15) is 42.7 Å². The first-order valence-electron chi connectivity index (χ1n) is 12.7. The number of nitrogens with zero attached hydrogens (tertiary/aromatic N) is 3. The molecular formula is C30H37Cl2N5. The average Bonchev–Trinajstić information content (AvgIpc) is 2.90. The summed E-state index contributed by atoms with van der Waals surface area (Å²) < 4.78 is 0. The standard InChI is InChI=1S/C30H35N5.2ClH/c1-35(2)29-26-15-9-10-16-28(26)33-30(34-29)32-25-19-17-24(18-20-25)31-21-27(22-11-5-3-6-12-22)23-13-7-4-8-14-23;;/h3-16,24-25,27,31H,17-21H2,1-2H3,(H,32,33,34);2*1H. The Bertz CT molecular complexity index is 1190. The van der Waals surface area contributed by atoms with Crippen molar-refractivity contribution in [2.45, 2.75) is 43.7 Å². The number of aromatic nitrogens is 2. The number of para-hydroxylation sites is 1. The second-order valence-electron chi connectivity index (χ2n) is 9.76. The molecule has 1 aliphatic rings. The van der Waals surface area contributed by atoms with Crippen LogP contribution in [-0.2, 0) is 0 Å². The lowest BCUT2D eigenvalue weighted by molar-refractivity contribution is 0.350. The molecule has 0 atom stereocenters. The predicted octanol–water partition coefficient (Wildman–Crippen LogP) is 6.68. The zero-order valence-corrected chi connectivity index (χ0v) is 23.1. The van der Waals surface area contributed by atoms with Crippen molar-refractivity contribution in [1.29, 1.82) is 0 Å². The highest BCUT2D eigenvalue weighted by Gasteiger charge is 2.23. The molecule has 0 saturated heterocycles. The molecule has 0 amide bonds. The molecular weight excluding hydrogens is 501 g/mol. The largest absolute Gasteiger partial charge is 0.362 e. The van der Waals surface area contributed by atoms with Crippen LogP contribution in [-0.4, -0.2) is 42.7 Å². The van der Waals surface area contributed by atoms with Crippen LogP contribution >= 0.6 is 24.8 Å². The molecule has 0 unspecified atom stereocenters. The van der Waals surface area contributed by atoms with Crippen molar-refractivity contribution in [2.24, 2.45) is 0 Å². The van der Waals surface area contributed by atoms with Gasteiger partial charge in [-0.25, -0.2) is 4.98 Å². The third kappa shape index (κ3) is 7.13. The van der Waals surface area contributed by atoms with Crippen LogP contribution in [0.5, 0.6) is 0 Å². The van der Waals surface area contributed by atoms with E-state index in [-0.39, 0.29) is 24.8 Å². The Balaban J connectivity index is 0.00000190. The third-order valence-electron chi connectivity index (χ3n) is 7.08. The minimum absolute atomic E-state index is 0. The molecule has 37 heavy (non-hydrogen) atoms. The van der Waals surface area contributed by atoms with E-state index < -0.39 is 0 Å². The summed E-state index contributed by atoms with van der Waals surface area (Å²) in [5, 5.41) is 8.60. The third-order valence-corrected chi connectivity index (χ3v) is 7.08. The monoisotopic (exact) mass is 537 g/mol. The van der Waals surface area contributed by atoms with E-state index in [1.807, 2.05) is 26.2 Å². The average molecular weight is 539 g/mol. The van der Waals surface area contributed by atoms with Gasteiger partial charge in [0.1, 0.15) is 5.82 Å². The number of halogens is 2. The molecule has 0 bridgehead atoms. The molecule has 4 aromatic rings. The maximum Gasteiger partial charge on any atom is 0.225 e. The smallest absolute Gasteiger partial charge is 0.225 e. The molecule has 1 saturated carbocycles. The molecule has 7 heteroatoms. The van der Waals surface area contributed by atoms with Crippen LogP contribution in [0.15, 0.2) is 84.9 Å². The van der Waals surface area contributed by atoms with Crippen molar-refractivity contribution in [3.8, 4) is 0 Å². The molecule has 5 nitrogen and oxygen atoms in total. The molecule has 0 radical (unpaired) electrons. The SMILES string of the molecule is CN(C)c1nc(NC2CCC(NCC(c3ccccc3)c3ccccc3)CC2)nc2ccccc12.Cl.Cl. The fourth-order valence-corrected chi connectivity index (χ4v) is 5.17. The van der Waals surface area contributed by atoms with E-state index >= 15 is 0 Å². The van der Waals surface area contributed by atoms with E-state index in [0.29, 0.717) is 18.0 Å². The van der Waals surface area contributed by atoms with Gasteiger partial charge in [0, 0.05) is 44.0 Å². The van der Waals surface area contributed by atoms with Crippen LogP contribution in [0.25, 0.3) is 10.9 Å². The number of benzene rings is 3. The van der Waals surface area contributed by atoms with Gasteiger partial charge in [0.05, 0.1) is 5.52 Å². The summed E-state index contributed by atoms with van der Waals surface area (Å²) in [6.07, 6.45) is 4.54. The quantitative estimate of drug-likeness (QED) is 0.262. The Kier molecular flexibility index (Phi) is 10.6. The van der Waals surface area contributed by atoms with E-state index in [1.165, 1.54) is 11.1 Å². The van der Waals surface area contributed by atoms with Crippen LogP contribution in [0.2, 0.25) is 0 Å². The molecule has 1 fully saturated rings. The second-order valence-corrected chi connectivity index (χ2v) is 9.76. The number of fused-ring (bicyclic) bond motifs is 1. The molecule has 0 aliphatic heterocycles. The minimum atomic E-state index is 0. The van der Waals surface area contributed by atoms with E-state index in [4.69, 9.17) is 9.97 Å². The van der Waals surface area contributed by atoms with Crippen molar-refractivity contribution in [1.82, 2.24) is 15.3 Å². The first kappa shape index (κ1) is 28.7. The fourth-order valence-electron chi connectivity index (χ4n) is 5.17. The summed E-state index contributed by atoms with van der Waals surface area (Å²) in [5.41, 5.74) is 3.72.